The zero-order chi connectivity index (χ0) is 17.8. The molecule has 0 bridgehead atoms. The summed E-state index contributed by atoms with van der Waals surface area (Å²) in [6.07, 6.45) is 1.98. The van der Waals surface area contributed by atoms with Crippen LogP contribution in [0.5, 0.6) is 0 Å². The largest absolute Gasteiger partial charge is 0.349 e. The highest BCUT2D eigenvalue weighted by molar-refractivity contribution is 7.98. The van der Waals surface area contributed by atoms with Crippen LogP contribution in [0.3, 0.4) is 0 Å². The molecule has 0 aliphatic carbocycles. The first-order chi connectivity index (χ1) is 12.8. The number of halogens is 2. The molecule has 1 aromatic heterocycles. The minimum absolute atomic E-state index is 0. The van der Waals surface area contributed by atoms with Crippen molar-refractivity contribution in [3.63, 3.8) is 0 Å². The van der Waals surface area contributed by atoms with Gasteiger partial charge in [0.1, 0.15) is 0 Å². The number of amides is 1. The molecule has 0 radical (unpaired) electrons. The quantitative estimate of drug-likeness (QED) is 0.522. The summed E-state index contributed by atoms with van der Waals surface area (Å²) in [6, 6.07) is 16.1. The summed E-state index contributed by atoms with van der Waals surface area (Å²) >= 11 is 1.62. The molecule has 1 aliphatic rings. The molecule has 2 aromatic carbocycles. The van der Waals surface area contributed by atoms with Gasteiger partial charge in [-0.15, -0.1) is 24.8 Å². The van der Waals surface area contributed by atoms with E-state index in [0.717, 1.165) is 53.2 Å². The number of benzene rings is 2. The lowest BCUT2D eigenvalue weighted by molar-refractivity contribution is 0.0929. The molecule has 1 fully saturated rings. The van der Waals surface area contributed by atoms with Crippen molar-refractivity contribution in [1.29, 1.82) is 0 Å². The number of H-pyrrole nitrogens is 1. The Labute approximate surface area is 181 Å². The number of imidazole rings is 1. The number of nitrogens with one attached hydrogen (secondary N) is 3. The Morgan fingerprint density at radius 1 is 1.07 bits per heavy atom. The van der Waals surface area contributed by atoms with E-state index in [-0.39, 0.29) is 36.8 Å². The first kappa shape index (κ1) is 22.6. The number of nitrogens with zero attached hydrogens (tertiary/aromatic N) is 1. The van der Waals surface area contributed by atoms with Crippen molar-refractivity contribution in [2.45, 2.75) is 29.8 Å². The number of fused-ring (bicyclic) bond motifs is 1. The van der Waals surface area contributed by atoms with Gasteiger partial charge in [-0.05, 0) is 49.7 Å². The third kappa shape index (κ3) is 5.41. The van der Waals surface area contributed by atoms with Gasteiger partial charge in [-0.1, -0.05) is 42.1 Å². The maximum atomic E-state index is 12.7. The molecular weight excluding hydrogens is 415 g/mol. The van der Waals surface area contributed by atoms with Gasteiger partial charge < -0.3 is 15.6 Å². The predicted octanol–water partition coefficient (Wildman–Crippen LogP) is 4.18. The van der Waals surface area contributed by atoms with Crippen LogP contribution in [0.2, 0.25) is 0 Å². The Morgan fingerprint density at radius 2 is 1.79 bits per heavy atom. The lowest BCUT2D eigenvalue weighted by atomic mass is 10.0. The standard InChI is InChI=1S/C20H22N4OS.2ClH/c25-19(22-15-9-11-21-12-10-15)16-6-2-1-5-14(16)13-26-20-23-17-7-3-4-8-18(17)24-20;;/h1-8,15,21H,9-13H2,(H,22,25)(H,23,24);2*1H. The minimum Gasteiger partial charge on any atom is -0.349 e. The van der Waals surface area contributed by atoms with E-state index in [9.17, 15) is 4.79 Å². The van der Waals surface area contributed by atoms with Gasteiger partial charge in [-0.25, -0.2) is 4.98 Å². The van der Waals surface area contributed by atoms with Crippen molar-refractivity contribution >= 4 is 53.5 Å². The molecule has 5 nitrogen and oxygen atoms in total. The fraction of sp³-hybridized carbons (Fsp3) is 0.300. The number of piperidine rings is 1. The van der Waals surface area contributed by atoms with E-state index in [4.69, 9.17) is 0 Å². The van der Waals surface area contributed by atoms with Gasteiger partial charge in [0.05, 0.1) is 11.0 Å². The Hall–Kier alpha value is -1.73. The predicted molar refractivity (Wildman–Crippen MR) is 120 cm³/mol. The van der Waals surface area contributed by atoms with Crippen molar-refractivity contribution < 1.29 is 4.79 Å². The number of para-hydroxylation sites is 2. The summed E-state index contributed by atoms with van der Waals surface area (Å²) in [6.45, 7) is 1.93. The van der Waals surface area contributed by atoms with Crippen molar-refractivity contribution in [2.24, 2.45) is 0 Å². The molecule has 3 aromatic rings. The van der Waals surface area contributed by atoms with Crippen molar-refractivity contribution in [3.05, 3.63) is 59.7 Å². The van der Waals surface area contributed by atoms with Gasteiger partial charge in [0.15, 0.2) is 5.16 Å². The van der Waals surface area contributed by atoms with Gasteiger partial charge in [0.25, 0.3) is 5.91 Å². The van der Waals surface area contributed by atoms with Crippen LogP contribution in [0, 0.1) is 0 Å². The van der Waals surface area contributed by atoms with E-state index < -0.39 is 0 Å². The molecule has 4 rings (SSSR count). The SMILES string of the molecule is Cl.Cl.O=C(NC1CCNCC1)c1ccccc1CSc1nc2ccccc2[nH]1. The molecule has 28 heavy (non-hydrogen) atoms. The van der Waals surface area contributed by atoms with Crippen molar-refractivity contribution in [2.75, 3.05) is 13.1 Å². The number of carbonyl (C=O) groups is 1. The van der Waals surface area contributed by atoms with Gasteiger partial charge in [0.2, 0.25) is 0 Å². The molecule has 3 N–H and O–H groups in total. The molecule has 0 saturated carbocycles. The van der Waals surface area contributed by atoms with Crippen LogP contribution in [-0.2, 0) is 5.75 Å². The van der Waals surface area contributed by atoms with Crippen molar-refractivity contribution in [3.8, 4) is 0 Å². The third-order valence-corrected chi connectivity index (χ3v) is 5.59. The summed E-state index contributed by atoms with van der Waals surface area (Å²) in [5.41, 5.74) is 3.79. The molecular formula is C20H24Cl2N4OS. The molecule has 1 aliphatic heterocycles. The topological polar surface area (TPSA) is 69.8 Å². The number of hydrogen-bond donors (Lipinski definition) is 3. The van der Waals surface area contributed by atoms with Crippen LogP contribution in [0.15, 0.2) is 53.7 Å². The molecule has 150 valence electrons. The summed E-state index contributed by atoms with van der Waals surface area (Å²) in [5.74, 6) is 0.730. The number of rotatable bonds is 5. The lowest BCUT2D eigenvalue weighted by Gasteiger charge is -2.24. The molecule has 8 heteroatoms. The normalized spacial score (nSPS) is 14.1. The second-order valence-corrected chi connectivity index (χ2v) is 7.47. The number of aromatic amines is 1. The van der Waals surface area contributed by atoms with Crippen LogP contribution in [-0.4, -0.2) is 35.0 Å². The second kappa shape index (κ2) is 10.7. The highest BCUT2D eigenvalue weighted by Gasteiger charge is 2.18. The van der Waals surface area contributed by atoms with Crippen LogP contribution in [0.1, 0.15) is 28.8 Å². The Bertz CT molecular complexity index is 879. The zero-order valence-electron chi connectivity index (χ0n) is 15.3. The maximum absolute atomic E-state index is 12.7. The maximum Gasteiger partial charge on any atom is 0.251 e. The monoisotopic (exact) mass is 438 g/mol. The minimum atomic E-state index is 0. The smallest absolute Gasteiger partial charge is 0.251 e. The number of hydrogen-bond acceptors (Lipinski definition) is 4. The van der Waals surface area contributed by atoms with Gasteiger partial charge >= 0.3 is 0 Å². The number of carbonyl (C=O) groups excluding carboxylic acids is 1. The Kier molecular flexibility index (Phi) is 8.63. The van der Waals surface area contributed by atoms with E-state index in [2.05, 4.69) is 20.6 Å². The van der Waals surface area contributed by atoms with E-state index >= 15 is 0 Å². The van der Waals surface area contributed by atoms with Crippen LogP contribution < -0.4 is 10.6 Å². The fourth-order valence-corrected chi connectivity index (χ4v) is 4.13. The Balaban J connectivity index is 0.00000140. The van der Waals surface area contributed by atoms with E-state index in [1.54, 1.807) is 11.8 Å². The average Bonchev–Trinajstić information content (AvgIpc) is 3.10. The van der Waals surface area contributed by atoms with Gasteiger partial charge in [-0.2, -0.15) is 0 Å². The Morgan fingerprint density at radius 3 is 2.57 bits per heavy atom. The summed E-state index contributed by atoms with van der Waals surface area (Å²) in [4.78, 5) is 20.6. The fourth-order valence-electron chi connectivity index (χ4n) is 3.24. The van der Waals surface area contributed by atoms with Crippen LogP contribution in [0.4, 0.5) is 0 Å². The van der Waals surface area contributed by atoms with E-state index in [1.165, 1.54) is 0 Å². The summed E-state index contributed by atoms with van der Waals surface area (Å²) in [7, 11) is 0. The summed E-state index contributed by atoms with van der Waals surface area (Å²) in [5, 5.41) is 7.38. The van der Waals surface area contributed by atoms with Crippen molar-refractivity contribution in [1.82, 2.24) is 20.6 Å². The molecule has 0 unspecified atom stereocenters. The molecule has 1 saturated heterocycles. The number of aromatic nitrogens is 2. The number of thioether (sulfide) groups is 1. The highest BCUT2D eigenvalue weighted by Crippen LogP contribution is 2.24. The molecule has 2 heterocycles. The van der Waals surface area contributed by atoms with Gasteiger partial charge in [0, 0.05) is 17.4 Å². The molecule has 0 atom stereocenters. The first-order valence-corrected chi connectivity index (χ1v) is 9.95. The third-order valence-electron chi connectivity index (χ3n) is 4.67. The van der Waals surface area contributed by atoms with Crippen LogP contribution in [0.25, 0.3) is 11.0 Å². The second-order valence-electron chi connectivity index (χ2n) is 6.50. The van der Waals surface area contributed by atoms with E-state index in [1.807, 2.05) is 48.5 Å². The molecule has 1 amide bonds. The zero-order valence-corrected chi connectivity index (χ0v) is 17.8. The van der Waals surface area contributed by atoms with Crippen LogP contribution >= 0.6 is 36.6 Å². The summed E-state index contributed by atoms with van der Waals surface area (Å²) < 4.78 is 0. The van der Waals surface area contributed by atoms with Gasteiger partial charge in [-0.3, -0.25) is 4.79 Å². The molecule has 0 spiro atoms. The first-order valence-electron chi connectivity index (χ1n) is 8.96. The van der Waals surface area contributed by atoms with E-state index in [0.29, 0.717) is 5.75 Å². The average molecular weight is 439 g/mol. The highest BCUT2D eigenvalue weighted by atomic mass is 35.5. The lowest BCUT2D eigenvalue weighted by Crippen LogP contribution is -2.42.